The summed E-state index contributed by atoms with van der Waals surface area (Å²) in [5.74, 6) is 0.691. The maximum Gasteiger partial charge on any atom is 0.143 e. The van der Waals surface area contributed by atoms with Gasteiger partial charge in [0.05, 0.1) is 15.7 Å². The lowest BCUT2D eigenvalue weighted by Gasteiger charge is -2.06. The molecule has 13 heavy (non-hydrogen) atoms. The van der Waals surface area contributed by atoms with Crippen molar-refractivity contribution in [3.05, 3.63) is 21.7 Å². The minimum absolute atomic E-state index is 0.133. The van der Waals surface area contributed by atoms with Gasteiger partial charge in [-0.25, -0.2) is 0 Å². The lowest BCUT2D eigenvalue weighted by molar-refractivity contribution is 0.255. The second kappa shape index (κ2) is 2.96. The molecule has 0 fully saturated rings. The maximum atomic E-state index is 5.95. The third-order valence-electron chi connectivity index (χ3n) is 2.14. The highest BCUT2D eigenvalue weighted by molar-refractivity contribution is 6.37. The molecule has 0 radical (unpaired) electrons. The molecular weight excluding hydrogens is 209 g/mol. The number of halogens is 2. The van der Waals surface area contributed by atoms with E-state index < -0.39 is 0 Å². The molecular formula is C9H9Cl2NO. The number of benzene rings is 1. The topological polar surface area (TPSA) is 35.2 Å². The van der Waals surface area contributed by atoms with E-state index in [2.05, 4.69) is 0 Å². The van der Waals surface area contributed by atoms with Crippen LogP contribution in [-0.2, 0) is 6.42 Å². The van der Waals surface area contributed by atoms with Gasteiger partial charge in [-0.3, -0.25) is 0 Å². The molecule has 0 bridgehead atoms. The molecule has 1 aliphatic heterocycles. The molecule has 70 valence electrons. The average Bonchev–Trinajstić information content (AvgIpc) is 2.44. The van der Waals surface area contributed by atoms with Crippen LogP contribution in [0.5, 0.6) is 5.75 Å². The third kappa shape index (κ3) is 1.34. The Morgan fingerprint density at radius 1 is 1.46 bits per heavy atom. The van der Waals surface area contributed by atoms with Crippen LogP contribution in [0, 0.1) is 0 Å². The Balaban J connectivity index is 2.62. The summed E-state index contributed by atoms with van der Waals surface area (Å²) < 4.78 is 5.50. The van der Waals surface area contributed by atoms with Gasteiger partial charge in [0.15, 0.2) is 0 Å². The Morgan fingerprint density at radius 3 is 2.85 bits per heavy atom. The fraction of sp³-hybridized carbons (Fsp3) is 0.333. The van der Waals surface area contributed by atoms with Crippen LogP contribution >= 0.6 is 23.2 Å². The Morgan fingerprint density at radius 2 is 2.15 bits per heavy atom. The fourth-order valence-electron chi connectivity index (χ4n) is 1.53. The molecule has 1 aromatic rings. The van der Waals surface area contributed by atoms with Crippen molar-refractivity contribution in [3.63, 3.8) is 0 Å². The standard InChI is InChI=1S/C9H9Cl2NO/c1-4-2-5-8(12)6(10)3-7(11)9(5)13-4/h3-4H,2,12H2,1H3. The molecule has 0 aromatic heterocycles. The molecule has 0 amide bonds. The molecule has 1 aromatic carbocycles. The van der Waals surface area contributed by atoms with Gasteiger partial charge in [0, 0.05) is 12.0 Å². The molecule has 2 rings (SSSR count). The van der Waals surface area contributed by atoms with E-state index in [4.69, 9.17) is 33.7 Å². The molecule has 0 aliphatic carbocycles. The van der Waals surface area contributed by atoms with Gasteiger partial charge in [0.2, 0.25) is 0 Å². The smallest absolute Gasteiger partial charge is 0.143 e. The van der Waals surface area contributed by atoms with E-state index in [1.165, 1.54) is 0 Å². The summed E-state index contributed by atoms with van der Waals surface area (Å²) in [5.41, 5.74) is 7.32. The minimum atomic E-state index is 0.133. The first kappa shape index (κ1) is 8.97. The summed E-state index contributed by atoms with van der Waals surface area (Å²) in [6.45, 7) is 1.98. The average molecular weight is 218 g/mol. The first-order valence-corrected chi connectivity index (χ1v) is 4.78. The Bertz CT molecular complexity index is 365. The monoisotopic (exact) mass is 217 g/mol. The van der Waals surface area contributed by atoms with E-state index in [0.29, 0.717) is 21.5 Å². The summed E-state index contributed by atoms with van der Waals surface area (Å²) in [6, 6.07) is 1.62. The van der Waals surface area contributed by atoms with Gasteiger partial charge in [0.1, 0.15) is 11.9 Å². The number of nitrogens with two attached hydrogens (primary N) is 1. The summed E-state index contributed by atoms with van der Waals surface area (Å²) in [5, 5.41) is 1.04. The van der Waals surface area contributed by atoms with E-state index in [9.17, 15) is 0 Å². The number of anilines is 1. The normalized spacial score (nSPS) is 19.8. The molecule has 1 atom stereocenters. The van der Waals surface area contributed by atoms with Crippen LogP contribution in [0.3, 0.4) is 0 Å². The molecule has 1 aliphatic rings. The molecule has 4 heteroatoms. The van der Waals surface area contributed by atoms with Gasteiger partial charge < -0.3 is 10.5 Å². The minimum Gasteiger partial charge on any atom is -0.488 e. The van der Waals surface area contributed by atoms with Gasteiger partial charge >= 0.3 is 0 Å². The molecule has 1 heterocycles. The zero-order chi connectivity index (χ0) is 9.59. The van der Waals surface area contributed by atoms with E-state index in [1.807, 2.05) is 6.92 Å². The summed E-state index contributed by atoms with van der Waals surface area (Å²) in [7, 11) is 0. The molecule has 2 N–H and O–H groups in total. The number of nitrogen functional groups attached to an aromatic ring is 1. The van der Waals surface area contributed by atoms with Gasteiger partial charge in [-0.05, 0) is 13.0 Å². The summed E-state index contributed by atoms with van der Waals surface area (Å²) >= 11 is 11.8. The van der Waals surface area contributed by atoms with Crippen molar-refractivity contribution in [2.45, 2.75) is 19.4 Å². The van der Waals surface area contributed by atoms with Crippen LogP contribution in [0.2, 0.25) is 10.0 Å². The van der Waals surface area contributed by atoms with Gasteiger partial charge in [-0.15, -0.1) is 0 Å². The number of fused-ring (bicyclic) bond motifs is 1. The largest absolute Gasteiger partial charge is 0.488 e. The van der Waals surface area contributed by atoms with Crippen LogP contribution in [0.25, 0.3) is 0 Å². The first-order valence-electron chi connectivity index (χ1n) is 4.02. The number of rotatable bonds is 0. The Kier molecular flexibility index (Phi) is 2.05. The molecule has 2 nitrogen and oxygen atoms in total. The van der Waals surface area contributed by atoms with Crippen molar-refractivity contribution >= 4 is 28.9 Å². The maximum absolute atomic E-state index is 5.95. The lowest BCUT2D eigenvalue weighted by Crippen LogP contribution is -2.05. The predicted octanol–water partition coefficient (Wildman–Crippen LogP) is 2.90. The highest BCUT2D eigenvalue weighted by Crippen LogP contribution is 2.42. The third-order valence-corrected chi connectivity index (χ3v) is 2.73. The van der Waals surface area contributed by atoms with Gasteiger partial charge in [-0.2, -0.15) is 0 Å². The summed E-state index contributed by atoms with van der Waals surface area (Å²) in [6.07, 6.45) is 0.912. The zero-order valence-electron chi connectivity index (χ0n) is 7.10. The first-order chi connectivity index (χ1) is 6.09. The predicted molar refractivity (Wildman–Crippen MR) is 54.7 cm³/mol. The van der Waals surface area contributed by atoms with Gasteiger partial charge in [0.25, 0.3) is 0 Å². The van der Waals surface area contributed by atoms with Crippen LogP contribution in [0.1, 0.15) is 12.5 Å². The molecule has 0 saturated heterocycles. The van der Waals surface area contributed by atoms with Gasteiger partial charge in [-0.1, -0.05) is 23.2 Å². The highest BCUT2D eigenvalue weighted by atomic mass is 35.5. The van der Waals surface area contributed by atoms with Crippen molar-refractivity contribution < 1.29 is 4.74 Å². The van der Waals surface area contributed by atoms with Crippen molar-refractivity contribution in [3.8, 4) is 5.75 Å². The molecule has 1 unspecified atom stereocenters. The quantitative estimate of drug-likeness (QED) is 0.679. The Labute approximate surface area is 86.6 Å². The van der Waals surface area contributed by atoms with Crippen molar-refractivity contribution in [1.29, 1.82) is 0 Å². The van der Waals surface area contributed by atoms with Crippen LogP contribution < -0.4 is 10.5 Å². The Hall–Kier alpha value is -0.600. The van der Waals surface area contributed by atoms with Crippen molar-refractivity contribution in [1.82, 2.24) is 0 Å². The zero-order valence-corrected chi connectivity index (χ0v) is 8.62. The fourth-order valence-corrected chi connectivity index (χ4v) is 2.07. The van der Waals surface area contributed by atoms with Crippen LogP contribution in [0.15, 0.2) is 6.07 Å². The number of hydrogen-bond donors (Lipinski definition) is 1. The molecule has 0 saturated carbocycles. The highest BCUT2D eigenvalue weighted by Gasteiger charge is 2.25. The van der Waals surface area contributed by atoms with E-state index in [1.54, 1.807) is 6.07 Å². The van der Waals surface area contributed by atoms with Crippen molar-refractivity contribution in [2.24, 2.45) is 0 Å². The molecule has 0 spiro atoms. The van der Waals surface area contributed by atoms with E-state index >= 15 is 0 Å². The number of ether oxygens (including phenoxy) is 1. The lowest BCUT2D eigenvalue weighted by atomic mass is 10.1. The summed E-state index contributed by atoms with van der Waals surface area (Å²) in [4.78, 5) is 0. The second-order valence-corrected chi connectivity index (χ2v) is 4.01. The second-order valence-electron chi connectivity index (χ2n) is 3.19. The van der Waals surface area contributed by atoms with Crippen LogP contribution in [-0.4, -0.2) is 6.10 Å². The van der Waals surface area contributed by atoms with E-state index in [-0.39, 0.29) is 6.10 Å². The van der Waals surface area contributed by atoms with E-state index in [0.717, 1.165) is 12.0 Å². The van der Waals surface area contributed by atoms with Crippen LogP contribution in [0.4, 0.5) is 5.69 Å². The number of hydrogen-bond acceptors (Lipinski definition) is 2. The SMILES string of the molecule is CC1Cc2c(N)c(Cl)cc(Cl)c2O1. The van der Waals surface area contributed by atoms with Crippen molar-refractivity contribution in [2.75, 3.05) is 5.73 Å².